The highest BCUT2D eigenvalue weighted by Crippen LogP contribution is 2.31. The van der Waals surface area contributed by atoms with E-state index < -0.39 is 0 Å². The first-order valence-electron chi connectivity index (χ1n) is 4.22. The van der Waals surface area contributed by atoms with Gasteiger partial charge in [-0.05, 0) is 6.07 Å². The Kier molecular flexibility index (Phi) is 2.29. The van der Waals surface area contributed by atoms with Crippen molar-refractivity contribution in [1.82, 2.24) is 9.78 Å². The number of aromatic nitrogens is 2. The number of rotatable bonds is 1. The third-order valence-electron chi connectivity index (χ3n) is 2.15. The van der Waals surface area contributed by atoms with Gasteiger partial charge < -0.3 is 5.73 Å². The molecular weight excluding hydrogens is 242 g/mol. The summed E-state index contributed by atoms with van der Waals surface area (Å²) in [5.74, 6) is 0.678. The third kappa shape index (κ3) is 1.42. The highest BCUT2D eigenvalue weighted by Gasteiger charge is 2.09. The summed E-state index contributed by atoms with van der Waals surface area (Å²) in [6.07, 6.45) is 1.77. The van der Waals surface area contributed by atoms with Crippen LogP contribution in [-0.4, -0.2) is 9.78 Å². The predicted molar refractivity (Wildman–Crippen MR) is 60.8 cm³/mol. The van der Waals surface area contributed by atoms with E-state index in [0.29, 0.717) is 5.82 Å². The molecule has 0 saturated heterocycles. The topological polar surface area (TPSA) is 43.8 Å². The van der Waals surface area contributed by atoms with Gasteiger partial charge in [0.1, 0.15) is 5.82 Å². The number of aryl methyl sites for hydroxylation is 1. The summed E-state index contributed by atoms with van der Waals surface area (Å²) in [7, 11) is 1.83. The second-order valence-corrected chi connectivity index (χ2v) is 3.90. The van der Waals surface area contributed by atoms with Crippen molar-refractivity contribution in [2.45, 2.75) is 0 Å². The zero-order valence-electron chi connectivity index (χ0n) is 7.74. The van der Waals surface area contributed by atoms with E-state index in [-0.39, 0.29) is 0 Å². The van der Waals surface area contributed by atoms with Crippen LogP contribution < -0.4 is 5.73 Å². The van der Waals surface area contributed by atoms with Crippen molar-refractivity contribution in [1.29, 1.82) is 0 Å². The van der Waals surface area contributed by atoms with Gasteiger partial charge in [-0.2, -0.15) is 5.10 Å². The molecule has 0 amide bonds. The smallest absolute Gasteiger partial charge is 0.129 e. The first-order chi connectivity index (χ1) is 6.70. The third-order valence-corrected chi connectivity index (χ3v) is 2.84. The van der Waals surface area contributed by atoms with Gasteiger partial charge >= 0.3 is 0 Å². The monoisotopic (exact) mass is 251 g/mol. The van der Waals surface area contributed by atoms with E-state index in [0.717, 1.165) is 15.6 Å². The van der Waals surface area contributed by atoms with Crippen molar-refractivity contribution >= 4 is 21.7 Å². The van der Waals surface area contributed by atoms with Gasteiger partial charge in [-0.1, -0.05) is 34.1 Å². The molecule has 0 aliphatic heterocycles. The van der Waals surface area contributed by atoms with Crippen LogP contribution in [0.5, 0.6) is 0 Å². The zero-order chi connectivity index (χ0) is 10.1. The fourth-order valence-electron chi connectivity index (χ4n) is 1.33. The zero-order valence-corrected chi connectivity index (χ0v) is 9.32. The number of benzene rings is 1. The van der Waals surface area contributed by atoms with E-state index >= 15 is 0 Å². The molecule has 1 heterocycles. The average Bonchev–Trinajstić information content (AvgIpc) is 2.49. The van der Waals surface area contributed by atoms with E-state index in [4.69, 9.17) is 5.73 Å². The van der Waals surface area contributed by atoms with Gasteiger partial charge in [-0.15, -0.1) is 0 Å². The van der Waals surface area contributed by atoms with Crippen LogP contribution in [0, 0.1) is 0 Å². The quantitative estimate of drug-likeness (QED) is 0.847. The number of hydrogen-bond donors (Lipinski definition) is 1. The summed E-state index contributed by atoms with van der Waals surface area (Å²) in [4.78, 5) is 0. The van der Waals surface area contributed by atoms with E-state index in [1.807, 2.05) is 31.3 Å². The Morgan fingerprint density at radius 1 is 1.29 bits per heavy atom. The molecule has 1 aromatic heterocycles. The number of nitrogens with two attached hydrogens (primary N) is 1. The van der Waals surface area contributed by atoms with Crippen LogP contribution in [0.1, 0.15) is 0 Å². The normalized spacial score (nSPS) is 10.4. The molecule has 0 aliphatic carbocycles. The summed E-state index contributed by atoms with van der Waals surface area (Å²) in [5.41, 5.74) is 7.91. The molecule has 0 spiro atoms. The fraction of sp³-hybridized carbons (Fsp3) is 0.100. The number of anilines is 1. The Morgan fingerprint density at radius 3 is 2.57 bits per heavy atom. The van der Waals surface area contributed by atoms with E-state index in [1.165, 1.54) is 0 Å². The predicted octanol–water partition coefficient (Wildman–Crippen LogP) is 2.43. The summed E-state index contributed by atoms with van der Waals surface area (Å²) < 4.78 is 2.69. The molecule has 72 valence electrons. The Bertz CT molecular complexity index is 462. The first-order valence-corrected chi connectivity index (χ1v) is 5.02. The Hall–Kier alpha value is -1.29. The summed E-state index contributed by atoms with van der Waals surface area (Å²) in [5, 5.41) is 4.10. The Labute approximate surface area is 90.7 Å². The van der Waals surface area contributed by atoms with Crippen molar-refractivity contribution in [3.05, 3.63) is 34.9 Å². The van der Waals surface area contributed by atoms with Gasteiger partial charge in [0.15, 0.2) is 0 Å². The lowest BCUT2D eigenvalue weighted by atomic mass is 10.1. The molecule has 4 heteroatoms. The van der Waals surface area contributed by atoms with E-state index in [2.05, 4.69) is 21.0 Å². The summed E-state index contributed by atoms with van der Waals surface area (Å²) in [6, 6.07) is 7.95. The van der Waals surface area contributed by atoms with Crippen LogP contribution in [0.4, 0.5) is 5.82 Å². The lowest BCUT2D eigenvalue weighted by molar-refractivity contribution is 0.779. The Morgan fingerprint density at radius 2 is 2.00 bits per heavy atom. The maximum absolute atomic E-state index is 5.88. The molecule has 0 bridgehead atoms. The largest absolute Gasteiger partial charge is 0.383 e. The van der Waals surface area contributed by atoms with Gasteiger partial charge in [-0.25, -0.2) is 0 Å². The van der Waals surface area contributed by atoms with Gasteiger partial charge in [0.2, 0.25) is 0 Å². The molecule has 14 heavy (non-hydrogen) atoms. The lowest BCUT2D eigenvalue weighted by Crippen LogP contribution is -1.98. The molecule has 0 radical (unpaired) electrons. The van der Waals surface area contributed by atoms with Crippen LogP contribution in [0.2, 0.25) is 0 Å². The highest BCUT2D eigenvalue weighted by molar-refractivity contribution is 9.10. The molecule has 0 fully saturated rings. The molecular formula is C10H10BrN3. The minimum absolute atomic E-state index is 0.678. The number of hydrogen-bond acceptors (Lipinski definition) is 2. The average molecular weight is 252 g/mol. The van der Waals surface area contributed by atoms with Crippen LogP contribution in [0.25, 0.3) is 11.1 Å². The molecule has 1 aromatic carbocycles. The van der Waals surface area contributed by atoms with Gasteiger partial charge in [0, 0.05) is 22.6 Å². The van der Waals surface area contributed by atoms with Crippen molar-refractivity contribution in [2.24, 2.45) is 7.05 Å². The van der Waals surface area contributed by atoms with E-state index in [9.17, 15) is 0 Å². The maximum Gasteiger partial charge on any atom is 0.129 e. The first kappa shape index (κ1) is 9.27. The molecule has 0 unspecified atom stereocenters. The molecule has 0 aliphatic rings. The van der Waals surface area contributed by atoms with Crippen LogP contribution in [0.15, 0.2) is 34.9 Å². The van der Waals surface area contributed by atoms with Crippen molar-refractivity contribution in [3.63, 3.8) is 0 Å². The number of halogens is 1. The van der Waals surface area contributed by atoms with Gasteiger partial charge in [0.25, 0.3) is 0 Å². The standard InChI is InChI=1S/C10H10BrN3/c1-14-10(12)8(6-13-14)7-4-2-3-5-9(7)11/h2-6H,12H2,1H3. The van der Waals surface area contributed by atoms with E-state index in [1.54, 1.807) is 10.9 Å². The molecule has 2 rings (SSSR count). The Balaban J connectivity index is 2.60. The summed E-state index contributed by atoms with van der Waals surface area (Å²) in [6.45, 7) is 0. The van der Waals surface area contributed by atoms with Crippen molar-refractivity contribution in [3.8, 4) is 11.1 Å². The molecule has 2 N–H and O–H groups in total. The van der Waals surface area contributed by atoms with Crippen molar-refractivity contribution in [2.75, 3.05) is 5.73 Å². The minimum atomic E-state index is 0.678. The minimum Gasteiger partial charge on any atom is -0.383 e. The number of nitrogens with zero attached hydrogens (tertiary/aromatic N) is 2. The molecule has 2 aromatic rings. The second-order valence-electron chi connectivity index (χ2n) is 3.05. The van der Waals surface area contributed by atoms with Crippen LogP contribution in [-0.2, 0) is 7.05 Å². The second kappa shape index (κ2) is 3.46. The van der Waals surface area contributed by atoms with Crippen LogP contribution in [0.3, 0.4) is 0 Å². The SMILES string of the molecule is Cn1ncc(-c2ccccc2Br)c1N. The molecule has 0 saturated carbocycles. The lowest BCUT2D eigenvalue weighted by Gasteiger charge is -2.02. The van der Waals surface area contributed by atoms with Gasteiger partial charge in [0.05, 0.1) is 6.20 Å². The van der Waals surface area contributed by atoms with Gasteiger partial charge in [-0.3, -0.25) is 4.68 Å². The summed E-state index contributed by atoms with van der Waals surface area (Å²) >= 11 is 3.48. The highest BCUT2D eigenvalue weighted by atomic mass is 79.9. The number of nitrogen functional groups attached to an aromatic ring is 1. The molecule has 3 nitrogen and oxygen atoms in total. The van der Waals surface area contributed by atoms with Crippen LogP contribution >= 0.6 is 15.9 Å². The maximum atomic E-state index is 5.88. The molecule has 0 atom stereocenters. The fourth-order valence-corrected chi connectivity index (χ4v) is 1.83. The van der Waals surface area contributed by atoms with Crippen molar-refractivity contribution < 1.29 is 0 Å².